The summed E-state index contributed by atoms with van der Waals surface area (Å²) in [6.45, 7) is 5.39. The topological polar surface area (TPSA) is 58.6 Å². The van der Waals surface area contributed by atoms with E-state index >= 15 is 0 Å². The summed E-state index contributed by atoms with van der Waals surface area (Å²) in [6, 6.07) is 14.9. The molecular weight excluding hydrogens is 420 g/mol. The van der Waals surface area contributed by atoms with Crippen LogP contribution in [0.2, 0.25) is 0 Å². The maximum absolute atomic E-state index is 12.6. The van der Waals surface area contributed by atoms with Crippen LogP contribution in [0.3, 0.4) is 0 Å². The Kier molecular flexibility index (Phi) is 6.73. The van der Waals surface area contributed by atoms with Crippen LogP contribution in [-0.4, -0.2) is 25.0 Å². The zero-order valence-electron chi connectivity index (χ0n) is 16.2. The first kappa shape index (κ1) is 20.4. The fourth-order valence-corrected chi connectivity index (χ4v) is 3.31. The van der Waals surface area contributed by atoms with E-state index in [1.807, 2.05) is 48.5 Å². The van der Waals surface area contributed by atoms with Crippen molar-refractivity contribution < 1.29 is 14.3 Å². The molecule has 2 amide bonds. The number of nitrogens with one attached hydrogen (secondary N) is 1. The highest BCUT2D eigenvalue weighted by Crippen LogP contribution is 2.27. The number of anilines is 2. The van der Waals surface area contributed by atoms with Crippen molar-refractivity contribution in [3.63, 3.8) is 0 Å². The zero-order chi connectivity index (χ0) is 20.1. The fraction of sp³-hybridized carbons (Fsp3) is 0.364. The molecule has 6 heteroatoms. The van der Waals surface area contributed by atoms with Crippen LogP contribution >= 0.6 is 15.9 Å². The van der Waals surface area contributed by atoms with E-state index in [0.717, 1.165) is 22.3 Å². The van der Waals surface area contributed by atoms with Crippen LogP contribution < -0.4 is 15.0 Å². The summed E-state index contributed by atoms with van der Waals surface area (Å²) < 4.78 is 6.65. The molecule has 0 radical (unpaired) electrons. The van der Waals surface area contributed by atoms with Gasteiger partial charge in [-0.25, -0.2) is 0 Å². The maximum atomic E-state index is 12.6. The van der Waals surface area contributed by atoms with Crippen LogP contribution in [0, 0.1) is 11.8 Å². The first-order valence-corrected chi connectivity index (χ1v) is 10.3. The largest absolute Gasteiger partial charge is 0.494 e. The second kappa shape index (κ2) is 9.24. The lowest BCUT2D eigenvalue weighted by Gasteiger charge is -2.17. The van der Waals surface area contributed by atoms with E-state index < -0.39 is 0 Å². The van der Waals surface area contributed by atoms with Gasteiger partial charge in [0.05, 0.1) is 12.5 Å². The van der Waals surface area contributed by atoms with E-state index in [1.54, 1.807) is 4.90 Å². The molecule has 0 unspecified atom stereocenters. The van der Waals surface area contributed by atoms with Gasteiger partial charge in [0.1, 0.15) is 5.75 Å². The van der Waals surface area contributed by atoms with Gasteiger partial charge in [0.2, 0.25) is 11.8 Å². The minimum absolute atomic E-state index is 0.0311. The molecule has 0 aliphatic carbocycles. The van der Waals surface area contributed by atoms with Gasteiger partial charge in [0, 0.05) is 28.8 Å². The van der Waals surface area contributed by atoms with Crippen molar-refractivity contribution in [2.24, 2.45) is 11.8 Å². The Morgan fingerprint density at radius 1 is 1.18 bits per heavy atom. The molecule has 0 aromatic heterocycles. The van der Waals surface area contributed by atoms with Crippen LogP contribution in [0.25, 0.3) is 0 Å². The Morgan fingerprint density at radius 3 is 2.50 bits per heavy atom. The Bertz CT molecular complexity index is 819. The van der Waals surface area contributed by atoms with E-state index in [2.05, 4.69) is 35.1 Å². The third-order valence-electron chi connectivity index (χ3n) is 4.72. The van der Waals surface area contributed by atoms with Gasteiger partial charge in [-0.2, -0.15) is 0 Å². The summed E-state index contributed by atoms with van der Waals surface area (Å²) in [7, 11) is 0. The molecule has 2 aromatic carbocycles. The summed E-state index contributed by atoms with van der Waals surface area (Å²) in [4.78, 5) is 26.6. The minimum Gasteiger partial charge on any atom is -0.494 e. The number of ether oxygens (including phenoxy) is 1. The highest BCUT2D eigenvalue weighted by Gasteiger charge is 2.35. The lowest BCUT2D eigenvalue weighted by Crippen LogP contribution is -2.28. The third kappa shape index (κ3) is 5.35. The maximum Gasteiger partial charge on any atom is 0.229 e. The number of rotatable bonds is 7. The number of nitrogens with zero attached hydrogens (tertiary/aromatic N) is 1. The standard InChI is InChI=1S/C22H25BrN2O3/c1-15(2)11-12-28-20-9-5-18(6-10-20)24-22(27)16-13-21(26)25(14-16)19-7-3-17(23)4-8-19/h3-10,15-16H,11-14H2,1-2H3,(H,24,27)/t16-/m1/s1. The molecule has 0 spiro atoms. The average Bonchev–Trinajstić information content (AvgIpc) is 3.05. The molecule has 28 heavy (non-hydrogen) atoms. The van der Waals surface area contributed by atoms with E-state index in [-0.39, 0.29) is 24.2 Å². The number of hydrogen-bond donors (Lipinski definition) is 1. The third-order valence-corrected chi connectivity index (χ3v) is 5.25. The number of carbonyl (C=O) groups excluding carboxylic acids is 2. The molecule has 2 aromatic rings. The predicted octanol–water partition coefficient (Wildman–Crippen LogP) is 4.87. The Labute approximate surface area is 174 Å². The van der Waals surface area contributed by atoms with Crippen LogP contribution in [0.4, 0.5) is 11.4 Å². The number of amides is 2. The number of hydrogen-bond acceptors (Lipinski definition) is 3. The van der Waals surface area contributed by atoms with Crippen molar-refractivity contribution >= 4 is 39.1 Å². The lowest BCUT2D eigenvalue weighted by molar-refractivity contribution is -0.122. The predicted molar refractivity (Wildman–Crippen MR) is 115 cm³/mol. The molecule has 1 fully saturated rings. The van der Waals surface area contributed by atoms with Gasteiger partial charge in [0.15, 0.2) is 0 Å². The normalized spacial score (nSPS) is 16.5. The van der Waals surface area contributed by atoms with E-state index in [9.17, 15) is 9.59 Å². The van der Waals surface area contributed by atoms with E-state index in [0.29, 0.717) is 24.8 Å². The molecule has 1 atom stereocenters. The smallest absolute Gasteiger partial charge is 0.229 e. The van der Waals surface area contributed by atoms with Gasteiger partial charge in [-0.05, 0) is 60.9 Å². The fourth-order valence-electron chi connectivity index (χ4n) is 3.05. The van der Waals surface area contributed by atoms with Gasteiger partial charge in [-0.15, -0.1) is 0 Å². The summed E-state index contributed by atoms with van der Waals surface area (Å²) >= 11 is 3.39. The second-order valence-electron chi connectivity index (χ2n) is 7.43. The average molecular weight is 445 g/mol. The van der Waals surface area contributed by atoms with Crippen molar-refractivity contribution in [2.75, 3.05) is 23.4 Å². The second-order valence-corrected chi connectivity index (χ2v) is 8.34. The van der Waals surface area contributed by atoms with Gasteiger partial charge >= 0.3 is 0 Å². The molecule has 148 valence electrons. The first-order valence-electron chi connectivity index (χ1n) is 9.52. The van der Waals surface area contributed by atoms with Crippen LogP contribution in [0.15, 0.2) is 53.0 Å². The van der Waals surface area contributed by atoms with E-state index in [4.69, 9.17) is 4.74 Å². The van der Waals surface area contributed by atoms with Gasteiger partial charge in [-0.3, -0.25) is 9.59 Å². The minimum atomic E-state index is -0.363. The Balaban J connectivity index is 1.54. The monoisotopic (exact) mass is 444 g/mol. The number of halogens is 1. The van der Waals surface area contributed by atoms with Crippen LogP contribution in [0.5, 0.6) is 5.75 Å². The van der Waals surface area contributed by atoms with Crippen molar-refractivity contribution in [1.29, 1.82) is 0 Å². The molecule has 3 rings (SSSR count). The van der Waals surface area contributed by atoms with E-state index in [1.165, 1.54) is 0 Å². The quantitative estimate of drug-likeness (QED) is 0.662. The highest BCUT2D eigenvalue weighted by atomic mass is 79.9. The zero-order valence-corrected chi connectivity index (χ0v) is 17.7. The molecule has 0 saturated carbocycles. The van der Waals surface area contributed by atoms with Crippen LogP contribution in [-0.2, 0) is 9.59 Å². The first-order chi connectivity index (χ1) is 13.4. The molecule has 1 N–H and O–H groups in total. The van der Waals surface area contributed by atoms with Gasteiger partial charge in [-0.1, -0.05) is 29.8 Å². The number of benzene rings is 2. The Hall–Kier alpha value is -2.34. The van der Waals surface area contributed by atoms with Gasteiger partial charge < -0.3 is 15.0 Å². The molecular formula is C22H25BrN2O3. The van der Waals surface area contributed by atoms with Gasteiger partial charge in [0.25, 0.3) is 0 Å². The van der Waals surface area contributed by atoms with Crippen molar-refractivity contribution in [1.82, 2.24) is 0 Å². The van der Waals surface area contributed by atoms with Crippen molar-refractivity contribution in [3.8, 4) is 5.75 Å². The summed E-state index contributed by atoms with van der Waals surface area (Å²) in [5.74, 6) is 0.858. The summed E-state index contributed by atoms with van der Waals surface area (Å²) in [5.41, 5.74) is 1.52. The lowest BCUT2D eigenvalue weighted by atomic mass is 10.1. The van der Waals surface area contributed by atoms with Crippen LogP contribution in [0.1, 0.15) is 26.7 Å². The molecule has 1 aliphatic heterocycles. The molecule has 1 aliphatic rings. The summed E-state index contributed by atoms with van der Waals surface area (Å²) in [6.07, 6.45) is 1.22. The highest BCUT2D eigenvalue weighted by molar-refractivity contribution is 9.10. The number of carbonyl (C=O) groups is 2. The van der Waals surface area contributed by atoms with Crippen molar-refractivity contribution in [3.05, 3.63) is 53.0 Å². The SMILES string of the molecule is CC(C)CCOc1ccc(NC(=O)[C@@H]2CC(=O)N(c3ccc(Br)cc3)C2)cc1. The molecule has 1 saturated heterocycles. The molecule has 0 bridgehead atoms. The summed E-state index contributed by atoms with van der Waals surface area (Å²) in [5, 5.41) is 2.91. The van der Waals surface area contributed by atoms with Crippen molar-refractivity contribution in [2.45, 2.75) is 26.7 Å². The molecule has 1 heterocycles. The molecule has 5 nitrogen and oxygen atoms in total. The Morgan fingerprint density at radius 2 is 1.86 bits per heavy atom.